The van der Waals surface area contributed by atoms with Crippen LogP contribution in [0.4, 0.5) is 17.6 Å². The van der Waals surface area contributed by atoms with Gasteiger partial charge in [0.2, 0.25) is 0 Å². The number of benzene rings is 1. The van der Waals surface area contributed by atoms with Crippen LogP contribution in [-0.2, 0) is 14.9 Å². The molecule has 2 heterocycles. The van der Waals surface area contributed by atoms with Gasteiger partial charge in [0.15, 0.2) is 6.10 Å². The average Bonchev–Trinajstić information content (AvgIpc) is 2.84. The van der Waals surface area contributed by atoms with Crippen molar-refractivity contribution in [2.75, 3.05) is 19.8 Å². The number of alkyl halides is 3. The second kappa shape index (κ2) is 5.21. The summed E-state index contributed by atoms with van der Waals surface area (Å²) in [5.74, 6) is -0.843. The maximum atomic E-state index is 14.2. The Morgan fingerprint density at radius 1 is 1.24 bits per heavy atom. The maximum Gasteiger partial charge on any atom is 0.414 e. The lowest BCUT2D eigenvalue weighted by atomic mass is 9.69. The molecule has 0 bridgehead atoms. The molecule has 0 unspecified atom stereocenters. The minimum absolute atomic E-state index is 0.176. The largest absolute Gasteiger partial charge is 0.414 e. The molecule has 2 nitrogen and oxygen atoms in total. The molecule has 116 valence electrons. The van der Waals surface area contributed by atoms with Crippen molar-refractivity contribution in [2.45, 2.75) is 24.1 Å². The van der Waals surface area contributed by atoms with E-state index in [0.717, 1.165) is 0 Å². The summed E-state index contributed by atoms with van der Waals surface area (Å²) in [6.45, 7) is 0.187. The van der Waals surface area contributed by atoms with Gasteiger partial charge in [-0.05, 0) is 30.5 Å². The van der Waals surface area contributed by atoms with Crippen LogP contribution < -0.4 is 0 Å². The Balaban J connectivity index is 1.96. The van der Waals surface area contributed by atoms with Gasteiger partial charge < -0.3 is 9.47 Å². The number of halogens is 5. The first-order chi connectivity index (χ1) is 9.83. The monoisotopic (exact) mass is 368 g/mol. The van der Waals surface area contributed by atoms with Crippen LogP contribution in [0, 0.1) is 11.7 Å². The van der Waals surface area contributed by atoms with E-state index < -0.39 is 29.4 Å². The van der Waals surface area contributed by atoms with Crippen molar-refractivity contribution < 1.29 is 27.0 Å². The fourth-order valence-electron chi connectivity index (χ4n) is 3.17. The van der Waals surface area contributed by atoms with Gasteiger partial charge in [0.1, 0.15) is 5.82 Å². The van der Waals surface area contributed by atoms with Crippen LogP contribution in [0.25, 0.3) is 0 Å². The van der Waals surface area contributed by atoms with Gasteiger partial charge in [-0.2, -0.15) is 13.2 Å². The van der Waals surface area contributed by atoms with E-state index in [2.05, 4.69) is 15.9 Å². The molecule has 2 fully saturated rings. The Labute approximate surface area is 127 Å². The molecule has 1 aromatic carbocycles. The SMILES string of the molecule is Fc1ccc(Br)cc1[C@@]12COC[C@@H]1C[C@H](C(F)(F)F)OC2. The van der Waals surface area contributed by atoms with E-state index in [9.17, 15) is 17.6 Å². The zero-order chi connectivity index (χ0) is 15.3. The Hall–Kier alpha value is -0.660. The highest BCUT2D eigenvalue weighted by Crippen LogP contribution is 2.48. The normalized spacial score (nSPS) is 33.0. The van der Waals surface area contributed by atoms with Crippen LogP contribution in [0.3, 0.4) is 0 Å². The van der Waals surface area contributed by atoms with E-state index in [1.54, 1.807) is 12.1 Å². The topological polar surface area (TPSA) is 18.5 Å². The van der Waals surface area contributed by atoms with E-state index in [0.29, 0.717) is 10.0 Å². The molecule has 21 heavy (non-hydrogen) atoms. The van der Waals surface area contributed by atoms with Gasteiger partial charge in [-0.1, -0.05) is 15.9 Å². The first kappa shape index (κ1) is 15.2. The van der Waals surface area contributed by atoms with Crippen LogP contribution in [0.1, 0.15) is 12.0 Å². The molecule has 0 N–H and O–H groups in total. The summed E-state index contributed by atoms with van der Waals surface area (Å²) < 4.78 is 63.7. The minimum atomic E-state index is -4.40. The third-order valence-electron chi connectivity index (χ3n) is 4.33. The van der Waals surface area contributed by atoms with E-state index in [1.807, 2.05) is 0 Å². The Morgan fingerprint density at radius 3 is 2.71 bits per heavy atom. The second-order valence-corrected chi connectivity index (χ2v) is 6.48. The summed E-state index contributed by atoms with van der Waals surface area (Å²) in [6, 6.07) is 4.47. The highest BCUT2D eigenvalue weighted by atomic mass is 79.9. The van der Waals surface area contributed by atoms with Gasteiger partial charge in [-0.15, -0.1) is 0 Å². The smallest absolute Gasteiger partial charge is 0.380 e. The Bertz CT molecular complexity index is 548. The Kier molecular flexibility index (Phi) is 3.78. The van der Waals surface area contributed by atoms with Crippen LogP contribution in [0.2, 0.25) is 0 Å². The van der Waals surface area contributed by atoms with E-state index >= 15 is 0 Å². The molecule has 0 aliphatic carbocycles. The zero-order valence-electron chi connectivity index (χ0n) is 10.9. The van der Waals surface area contributed by atoms with Crippen molar-refractivity contribution in [1.82, 2.24) is 0 Å². The summed E-state index contributed by atoms with van der Waals surface area (Å²) >= 11 is 3.27. The number of hydrogen-bond acceptors (Lipinski definition) is 2. The van der Waals surface area contributed by atoms with Crippen molar-refractivity contribution in [3.8, 4) is 0 Å². The first-order valence-electron chi connectivity index (χ1n) is 6.54. The maximum absolute atomic E-state index is 14.2. The molecule has 0 aromatic heterocycles. The lowest BCUT2D eigenvalue weighted by molar-refractivity contribution is -0.243. The second-order valence-electron chi connectivity index (χ2n) is 5.57. The van der Waals surface area contributed by atoms with Crippen LogP contribution in [0.5, 0.6) is 0 Å². The van der Waals surface area contributed by atoms with E-state index in [4.69, 9.17) is 9.47 Å². The molecule has 0 spiro atoms. The summed E-state index contributed by atoms with van der Waals surface area (Å²) in [4.78, 5) is 0. The molecule has 3 rings (SSSR count). The number of hydrogen-bond donors (Lipinski definition) is 0. The highest BCUT2D eigenvalue weighted by molar-refractivity contribution is 9.10. The number of rotatable bonds is 1. The summed E-state index contributed by atoms with van der Waals surface area (Å²) in [5.41, 5.74) is -0.477. The van der Waals surface area contributed by atoms with Crippen LogP contribution in [0.15, 0.2) is 22.7 Å². The van der Waals surface area contributed by atoms with Crippen molar-refractivity contribution in [3.63, 3.8) is 0 Å². The highest BCUT2D eigenvalue weighted by Gasteiger charge is 2.56. The van der Waals surface area contributed by atoms with E-state index in [-0.39, 0.29) is 26.2 Å². The fourth-order valence-corrected chi connectivity index (χ4v) is 3.53. The van der Waals surface area contributed by atoms with Crippen molar-refractivity contribution >= 4 is 15.9 Å². The average molecular weight is 369 g/mol. The van der Waals surface area contributed by atoms with Crippen molar-refractivity contribution in [1.29, 1.82) is 0 Å². The van der Waals surface area contributed by atoms with Crippen LogP contribution >= 0.6 is 15.9 Å². The Morgan fingerprint density at radius 2 is 2.00 bits per heavy atom. The predicted molar refractivity (Wildman–Crippen MR) is 70.5 cm³/mol. The molecule has 2 aliphatic heterocycles. The van der Waals surface area contributed by atoms with Gasteiger partial charge in [0.05, 0.1) is 25.2 Å². The molecule has 2 saturated heterocycles. The molecule has 0 amide bonds. The molecule has 7 heteroatoms. The van der Waals surface area contributed by atoms with Crippen LogP contribution in [-0.4, -0.2) is 32.1 Å². The fraction of sp³-hybridized carbons (Fsp3) is 0.571. The molecular weight excluding hydrogens is 356 g/mol. The minimum Gasteiger partial charge on any atom is -0.380 e. The lowest BCUT2D eigenvalue weighted by Gasteiger charge is -2.42. The van der Waals surface area contributed by atoms with Gasteiger partial charge in [0, 0.05) is 10.0 Å². The third kappa shape index (κ3) is 2.59. The molecule has 1 aromatic rings. The standard InChI is InChI=1S/C14H13BrF4O2/c15-9-1-2-11(16)10(4-9)13-6-20-5-8(13)3-12(21-7-13)14(17,18)19/h1-2,4,8,12H,3,5-7H2/t8-,12+,13+/m0/s1. The van der Waals surface area contributed by atoms with Gasteiger partial charge in [0.25, 0.3) is 0 Å². The first-order valence-corrected chi connectivity index (χ1v) is 7.34. The molecule has 3 atom stereocenters. The summed E-state index contributed by atoms with van der Waals surface area (Å²) in [5, 5.41) is 0. The number of fused-ring (bicyclic) bond motifs is 1. The summed E-state index contributed by atoms with van der Waals surface area (Å²) in [6.07, 6.45) is -6.40. The quantitative estimate of drug-likeness (QED) is 0.701. The number of ether oxygens (including phenoxy) is 2. The molecule has 0 radical (unpaired) electrons. The zero-order valence-corrected chi connectivity index (χ0v) is 12.5. The lowest BCUT2D eigenvalue weighted by Crippen LogP contribution is -2.50. The predicted octanol–water partition coefficient (Wildman–Crippen LogP) is 3.82. The summed E-state index contributed by atoms with van der Waals surface area (Å²) in [7, 11) is 0. The van der Waals surface area contributed by atoms with Gasteiger partial charge in [-0.3, -0.25) is 0 Å². The molecule has 2 aliphatic rings. The molecular formula is C14H13BrF4O2. The van der Waals surface area contributed by atoms with E-state index in [1.165, 1.54) is 6.07 Å². The van der Waals surface area contributed by atoms with Gasteiger partial charge in [-0.25, -0.2) is 4.39 Å². The van der Waals surface area contributed by atoms with Gasteiger partial charge >= 0.3 is 6.18 Å². The van der Waals surface area contributed by atoms with Crippen molar-refractivity contribution in [3.05, 3.63) is 34.1 Å². The third-order valence-corrected chi connectivity index (χ3v) is 4.82. The molecule has 0 saturated carbocycles. The van der Waals surface area contributed by atoms with Crippen molar-refractivity contribution in [2.24, 2.45) is 5.92 Å².